The van der Waals surface area contributed by atoms with Crippen molar-refractivity contribution in [1.82, 2.24) is 0 Å². The summed E-state index contributed by atoms with van der Waals surface area (Å²) in [4.78, 5) is 13.9. The topological polar surface area (TPSA) is 82.2 Å². The molecule has 3 rings (SSSR count). The lowest BCUT2D eigenvalue weighted by atomic mass is 10.1. The lowest BCUT2D eigenvalue weighted by Gasteiger charge is -2.26. The van der Waals surface area contributed by atoms with Gasteiger partial charge >= 0.3 is 0 Å². The third-order valence-electron chi connectivity index (χ3n) is 3.56. The number of nitrogens with one attached hydrogen (secondary N) is 1. The van der Waals surface area contributed by atoms with Crippen molar-refractivity contribution in [1.29, 1.82) is 5.26 Å². The first kappa shape index (κ1) is 14.4. The van der Waals surface area contributed by atoms with E-state index in [4.69, 9.17) is 17.3 Å². The minimum absolute atomic E-state index is 0.262. The molecular formula is C16H13ClN4O. The van der Waals surface area contributed by atoms with Gasteiger partial charge in [0, 0.05) is 6.54 Å². The molecule has 5 nitrogen and oxygen atoms in total. The minimum atomic E-state index is -0.727. The van der Waals surface area contributed by atoms with Crippen LogP contribution in [0.5, 0.6) is 0 Å². The van der Waals surface area contributed by atoms with Crippen molar-refractivity contribution in [2.24, 2.45) is 5.73 Å². The van der Waals surface area contributed by atoms with Crippen molar-refractivity contribution in [2.75, 3.05) is 16.8 Å². The van der Waals surface area contributed by atoms with Crippen LogP contribution in [-0.2, 0) is 4.79 Å². The van der Waals surface area contributed by atoms with Crippen LogP contribution in [-0.4, -0.2) is 18.5 Å². The van der Waals surface area contributed by atoms with Crippen LogP contribution in [0, 0.1) is 11.3 Å². The summed E-state index contributed by atoms with van der Waals surface area (Å²) >= 11 is 6.21. The van der Waals surface area contributed by atoms with E-state index in [0.717, 1.165) is 5.69 Å². The van der Waals surface area contributed by atoms with E-state index in [0.29, 0.717) is 22.0 Å². The van der Waals surface area contributed by atoms with Crippen LogP contribution in [0.25, 0.3) is 0 Å². The molecule has 110 valence electrons. The van der Waals surface area contributed by atoms with Gasteiger partial charge in [-0.15, -0.1) is 0 Å². The Kier molecular flexibility index (Phi) is 3.72. The number of anilines is 3. The maximum atomic E-state index is 12.1. The van der Waals surface area contributed by atoms with Gasteiger partial charge in [-0.1, -0.05) is 29.8 Å². The summed E-state index contributed by atoms with van der Waals surface area (Å²) in [6, 6.07) is 14.0. The maximum Gasteiger partial charge on any atom is 0.243 e. The van der Waals surface area contributed by atoms with Crippen LogP contribution >= 0.6 is 11.6 Å². The molecule has 6 heteroatoms. The molecule has 1 aliphatic rings. The minimum Gasteiger partial charge on any atom is -0.337 e. The van der Waals surface area contributed by atoms with Crippen molar-refractivity contribution in [3.63, 3.8) is 0 Å². The summed E-state index contributed by atoms with van der Waals surface area (Å²) in [5.74, 6) is -0.300. The van der Waals surface area contributed by atoms with Crippen molar-refractivity contribution in [3.05, 3.63) is 53.1 Å². The average molecular weight is 313 g/mol. The molecule has 0 fully saturated rings. The highest BCUT2D eigenvalue weighted by molar-refractivity contribution is 6.34. The van der Waals surface area contributed by atoms with Gasteiger partial charge in [-0.25, -0.2) is 0 Å². The molecular weight excluding hydrogens is 300 g/mol. The Morgan fingerprint density at radius 1 is 1.23 bits per heavy atom. The van der Waals surface area contributed by atoms with Gasteiger partial charge in [-0.05, 0) is 24.3 Å². The van der Waals surface area contributed by atoms with E-state index in [1.807, 2.05) is 23.1 Å². The van der Waals surface area contributed by atoms with Crippen LogP contribution in [0.1, 0.15) is 5.56 Å². The number of halogens is 1. The normalized spacial score (nSPS) is 17.2. The molecule has 22 heavy (non-hydrogen) atoms. The Balaban J connectivity index is 2.21. The average Bonchev–Trinajstić information content (AvgIpc) is 2.66. The number of amides is 1. The van der Waals surface area contributed by atoms with Gasteiger partial charge in [-0.2, -0.15) is 5.26 Å². The first-order valence-corrected chi connectivity index (χ1v) is 7.11. The number of nitriles is 1. The number of fused-ring (bicyclic) bond motifs is 1. The summed E-state index contributed by atoms with van der Waals surface area (Å²) < 4.78 is 0. The molecule has 0 aromatic heterocycles. The van der Waals surface area contributed by atoms with Crippen LogP contribution in [0.4, 0.5) is 17.1 Å². The summed E-state index contributed by atoms with van der Waals surface area (Å²) in [5.41, 5.74) is 8.38. The second kappa shape index (κ2) is 5.68. The highest BCUT2D eigenvalue weighted by Gasteiger charge is 2.28. The van der Waals surface area contributed by atoms with E-state index in [9.17, 15) is 10.1 Å². The van der Waals surface area contributed by atoms with Gasteiger partial charge in [-0.3, -0.25) is 4.79 Å². The lowest BCUT2D eigenvalue weighted by Crippen LogP contribution is -2.41. The van der Waals surface area contributed by atoms with Gasteiger partial charge < -0.3 is 16.0 Å². The van der Waals surface area contributed by atoms with Crippen molar-refractivity contribution in [3.8, 4) is 6.07 Å². The SMILES string of the molecule is N#Cc1ccccc1N1C[C@H](N)C(=O)Nc2c(Cl)cccc21. The van der Waals surface area contributed by atoms with Gasteiger partial charge in [0.2, 0.25) is 5.91 Å². The first-order valence-electron chi connectivity index (χ1n) is 6.73. The fraction of sp³-hybridized carbons (Fsp3) is 0.125. The molecule has 0 aliphatic carbocycles. The van der Waals surface area contributed by atoms with Crippen molar-refractivity contribution in [2.45, 2.75) is 6.04 Å². The number of nitrogens with zero attached hydrogens (tertiary/aromatic N) is 2. The molecule has 2 aromatic carbocycles. The smallest absolute Gasteiger partial charge is 0.243 e. The molecule has 1 aliphatic heterocycles. The molecule has 0 saturated carbocycles. The molecule has 0 radical (unpaired) electrons. The van der Waals surface area contributed by atoms with E-state index < -0.39 is 6.04 Å². The van der Waals surface area contributed by atoms with Gasteiger partial charge in [0.1, 0.15) is 12.1 Å². The maximum absolute atomic E-state index is 12.1. The number of hydrogen-bond donors (Lipinski definition) is 2. The van der Waals surface area contributed by atoms with Crippen molar-refractivity contribution >= 4 is 34.6 Å². The molecule has 0 spiro atoms. The largest absolute Gasteiger partial charge is 0.337 e. The number of rotatable bonds is 1. The Morgan fingerprint density at radius 2 is 1.95 bits per heavy atom. The van der Waals surface area contributed by atoms with Crippen LogP contribution in [0.2, 0.25) is 5.02 Å². The summed E-state index contributed by atoms with van der Waals surface area (Å²) in [7, 11) is 0. The van der Waals surface area contributed by atoms with Crippen LogP contribution in [0.15, 0.2) is 42.5 Å². The molecule has 3 N–H and O–H groups in total. The van der Waals surface area contributed by atoms with E-state index in [2.05, 4.69) is 11.4 Å². The monoisotopic (exact) mass is 312 g/mol. The van der Waals surface area contributed by atoms with E-state index in [1.165, 1.54) is 0 Å². The van der Waals surface area contributed by atoms with Gasteiger partial charge in [0.25, 0.3) is 0 Å². The molecule has 1 heterocycles. The number of para-hydroxylation sites is 2. The Bertz CT molecular complexity index is 784. The number of hydrogen-bond acceptors (Lipinski definition) is 4. The van der Waals surface area contributed by atoms with E-state index >= 15 is 0 Å². The molecule has 0 bridgehead atoms. The summed E-state index contributed by atoms with van der Waals surface area (Å²) in [5, 5.41) is 12.5. The second-order valence-electron chi connectivity index (χ2n) is 4.97. The summed E-state index contributed by atoms with van der Waals surface area (Å²) in [6.07, 6.45) is 0. The predicted octanol–water partition coefficient (Wildman–Crippen LogP) is 2.63. The number of nitrogens with two attached hydrogens (primary N) is 1. The van der Waals surface area contributed by atoms with Gasteiger partial charge in [0.15, 0.2) is 0 Å². The molecule has 1 amide bonds. The third kappa shape index (κ3) is 2.39. The molecule has 1 atom stereocenters. The molecule has 0 saturated heterocycles. The zero-order valence-electron chi connectivity index (χ0n) is 11.6. The Morgan fingerprint density at radius 3 is 2.73 bits per heavy atom. The van der Waals surface area contributed by atoms with E-state index in [1.54, 1.807) is 24.3 Å². The second-order valence-corrected chi connectivity index (χ2v) is 5.38. The Labute approximate surface area is 132 Å². The Hall–Kier alpha value is -2.55. The number of benzene rings is 2. The van der Waals surface area contributed by atoms with Crippen molar-refractivity contribution < 1.29 is 4.79 Å². The quantitative estimate of drug-likeness (QED) is 0.848. The van der Waals surface area contributed by atoms with E-state index in [-0.39, 0.29) is 12.5 Å². The number of carbonyl (C=O) groups is 1. The fourth-order valence-electron chi connectivity index (χ4n) is 2.49. The highest BCUT2D eigenvalue weighted by atomic mass is 35.5. The fourth-order valence-corrected chi connectivity index (χ4v) is 2.70. The zero-order chi connectivity index (χ0) is 15.7. The first-order chi connectivity index (χ1) is 10.6. The van der Waals surface area contributed by atoms with Crippen LogP contribution < -0.4 is 16.0 Å². The summed E-state index contributed by atoms with van der Waals surface area (Å²) in [6.45, 7) is 0.262. The van der Waals surface area contributed by atoms with Crippen LogP contribution in [0.3, 0.4) is 0 Å². The molecule has 2 aromatic rings. The number of carbonyl (C=O) groups excluding carboxylic acids is 1. The lowest BCUT2D eigenvalue weighted by molar-refractivity contribution is -0.117. The predicted molar refractivity (Wildman–Crippen MR) is 86.2 cm³/mol. The highest BCUT2D eigenvalue weighted by Crippen LogP contribution is 2.39. The van der Waals surface area contributed by atoms with Gasteiger partial charge in [0.05, 0.1) is 27.6 Å². The molecule has 0 unspecified atom stereocenters. The zero-order valence-corrected chi connectivity index (χ0v) is 12.3. The standard InChI is InChI=1S/C16H13ClN4O/c17-11-5-3-7-14-15(11)20-16(22)12(19)9-21(14)13-6-2-1-4-10(13)8-18/h1-7,12H,9,19H2,(H,20,22)/t12-/m0/s1. The third-order valence-corrected chi connectivity index (χ3v) is 3.88.